The van der Waals surface area contributed by atoms with Gasteiger partial charge in [-0.3, -0.25) is 9.59 Å². The monoisotopic (exact) mass is 343 g/mol. The van der Waals surface area contributed by atoms with Crippen LogP contribution >= 0.6 is 11.6 Å². The fraction of sp³-hybridized carbons (Fsp3) is 0.263. The fourth-order valence-corrected chi connectivity index (χ4v) is 3.10. The minimum absolute atomic E-state index is 0.159. The molecule has 0 saturated carbocycles. The van der Waals surface area contributed by atoms with Crippen LogP contribution in [0.2, 0.25) is 5.02 Å². The molecular weight excluding hydrogens is 324 g/mol. The maximum atomic E-state index is 12.6. The van der Waals surface area contributed by atoms with Crippen molar-refractivity contribution < 1.29 is 14.9 Å². The van der Waals surface area contributed by atoms with Gasteiger partial charge in [-0.15, -0.1) is 0 Å². The molecule has 124 valence electrons. The number of anilines is 1. The van der Waals surface area contributed by atoms with E-state index in [4.69, 9.17) is 11.6 Å². The van der Waals surface area contributed by atoms with E-state index in [9.17, 15) is 9.59 Å². The lowest BCUT2D eigenvalue weighted by molar-refractivity contribution is -0.674. The van der Waals surface area contributed by atoms with E-state index in [1.807, 2.05) is 36.5 Å². The smallest absolute Gasteiger partial charge is 0.292 e. The molecule has 0 aromatic heterocycles. The van der Waals surface area contributed by atoms with E-state index in [1.54, 1.807) is 12.1 Å². The Morgan fingerprint density at radius 3 is 2.62 bits per heavy atom. The van der Waals surface area contributed by atoms with E-state index >= 15 is 0 Å². The Bertz CT molecular complexity index is 761. The lowest BCUT2D eigenvalue weighted by Gasteiger charge is -2.15. The Hall–Kier alpha value is -2.17. The summed E-state index contributed by atoms with van der Waals surface area (Å²) in [5.41, 5.74) is 2.71. The average Bonchev–Trinajstić information content (AvgIpc) is 2.85. The van der Waals surface area contributed by atoms with Gasteiger partial charge in [-0.05, 0) is 30.2 Å². The van der Waals surface area contributed by atoms with E-state index in [-0.39, 0.29) is 24.3 Å². The highest BCUT2D eigenvalue weighted by molar-refractivity contribution is 6.32. The highest BCUT2D eigenvalue weighted by Gasteiger charge is 2.42. The molecular formula is C19H20ClN2O2+. The van der Waals surface area contributed by atoms with Crippen LogP contribution in [0.1, 0.15) is 17.5 Å². The quantitative estimate of drug-likeness (QED) is 0.845. The second-order valence-electron chi connectivity index (χ2n) is 6.07. The van der Waals surface area contributed by atoms with Gasteiger partial charge in [0.25, 0.3) is 5.91 Å². The van der Waals surface area contributed by atoms with Gasteiger partial charge in [0, 0.05) is 11.4 Å². The molecule has 2 N–H and O–H groups in total. The van der Waals surface area contributed by atoms with Gasteiger partial charge < -0.3 is 5.32 Å². The molecule has 2 aromatic rings. The number of aryl methyl sites for hydroxylation is 1. The number of benzene rings is 2. The molecule has 0 spiro atoms. The lowest BCUT2D eigenvalue weighted by atomic mass is 10.1. The molecule has 4 nitrogen and oxygen atoms in total. The number of rotatable bonds is 5. The molecule has 1 heterocycles. The van der Waals surface area contributed by atoms with E-state index in [0.29, 0.717) is 10.7 Å². The molecule has 1 unspecified atom stereocenters. The SMILES string of the molecule is Cc1ccc(N2C(=O)CC([NH2+]CCc3ccccc3)C2=O)cc1Cl. The molecule has 0 bridgehead atoms. The van der Waals surface area contributed by atoms with Gasteiger partial charge in [-0.2, -0.15) is 0 Å². The number of carbonyl (C=O) groups is 2. The van der Waals surface area contributed by atoms with Crippen LogP contribution < -0.4 is 10.2 Å². The van der Waals surface area contributed by atoms with Crippen LogP contribution in [-0.2, 0) is 16.0 Å². The molecule has 1 aliphatic rings. The number of amides is 2. The lowest BCUT2D eigenvalue weighted by Crippen LogP contribution is -2.92. The maximum Gasteiger partial charge on any atom is 0.292 e. The summed E-state index contributed by atoms with van der Waals surface area (Å²) in [7, 11) is 0. The van der Waals surface area contributed by atoms with Crippen LogP contribution in [0.4, 0.5) is 5.69 Å². The molecule has 1 aliphatic heterocycles. The van der Waals surface area contributed by atoms with Crippen molar-refractivity contribution in [1.29, 1.82) is 0 Å². The Labute approximate surface area is 146 Å². The van der Waals surface area contributed by atoms with Crippen molar-refractivity contribution in [2.24, 2.45) is 0 Å². The van der Waals surface area contributed by atoms with Gasteiger partial charge in [-0.25, -0.2) is 4.90 Å². The summed E-state index contributed by atoms with van der Waals surface area (Å²) in [5, 5.41) is 2.52. The first-order chi connectivity index (χ1) is 11.6. The van der Waals surface area contributed by atoms with Crippen LogP contribution in [0, 0.1) is 6.92 Å². The first-order valence-electron chi connectivity index (χ1n) is 8.06. The Balaban J connectivity index is 1.64. The molecule has 1 atom stereocenters. The van der Waals surface area contributed by atoms with Crippen LogP contribution in [0.3, 0.4) is 0 Å². The van der Waals surface area contributed by atoms with Crippen LogP contribution in [0.15, 0.2) is 48.5 Å². The number of hydrogen-bond acceptors (Lipinski definition) is 2. The maximum absolute atomic E-state index is 12.6. The average molecular weight is 344 g/mol. The molecule has 1 fully saturated rings. The summed E-state index contributed by atoms with van der Waals surface area (Å²) in [6, 6.07) is 15.0. The third-order valence-electron chi connectivity index (χ3n) is 4.32. The van der Waals surface area contributed by atoms with Gasteiger partial charge in [0.1, 0.15) is 0 Å². The second-order valence-corrected chi connectivity index (χ2v) is 6.48. The molecule has 2 amide bonds. The number of imide groups is 1. The summed E-state index contributed by atoms with van der Waals surface area (Å²) in [5.74, 6) is -0.325. The first kappa shape index (κ1) is 16.7. The molecule has 5 heteroatoms. The number of nitrogens with zero attached hydrogens (tertiary/aromatic N) is 1. The molecule has 3 rings (SSSR count). The van der Waals surface area contributed by atoms with Gasteiger partial charge in [0.05, 0.1) is 18.7 Å². The zero-order chi connectivity index (χ0) is 17.1. The topological polar surface area (TPSA) is 54.0 Å². The molecule has 1 saturated heterocycles. The van der Waals surface area contributed by atoms with Crippen LogP contribution in [0.5, 0.6) is 0 Å². The highest BCUT2D eigenvalue weighted by Crippen LogP contribution is 2.26. The molecule has 24 heavy (non-hydrogen) atoms. The number of hydrogen-bond donors (Lipinski definition) is 1. The van der Waals surface area contributed by atoms with Crippen LogP contribution in [0.25, 0.3) is 0 Å². The summed E-state index contributed by atoms with van der Waals surface area (Å²) in [4.78, 5) is 26.1. The Morgan fingerprint density at radius 1 is 1.17 bits per heavy atom. The predicted molar refractivity (Wildman–Crippen MR) is 94.0 cm³/mol. The third-order valence-corrected chi connectivity index (χ3v) is 4.73. The van der Waals surface area contributed by atoms with E-state index in [2.05, 4.69) is 12.1 Å². The Morgan fingerprint density at radius 2 is 1.92 bits per heavy atom. The summed E-state index contributed by atoms with van der Waals surface area (Å²) in [6.07, 6.45) is 1.11. The Kier molecular flexibility index (Phi) is 4.97. The number of carbonyl (C=O) groups excluding carboxylic acids is 2. The van der Waals surface area contributed by atoms with Crippen molar-refractivity contribution in [3.8, 4) is 0 Å². The van der Waals surface area contributed by atoms with Crippen LogP contribution in [-0.4, -0.2) is 24.4 Å². The second kappa shape index (κ2) is 7.16. The summed E-state index contributed by atoms with van der Waals surface area (Å²) < 4.78 is 0. The van der Waals surface area contributed by atoms with Gasteiger partial charge in [0.15, 0.2) is 6.04 Å². The van der Waals surface area contributed by atoms with Crippen molar-refractivity contribution in [2.75, 3.05) is 11.4 Å². The number of nitrogens with two attached hydrogens (primary N) is 1. The normalized spacial score (nSPS) is 17.6. The summed E-state index contributed by atoms with van der Waals surface area (Å²) >= 11 is 6.12. The van der Waals surface area contributed by atoms with Crippen molar-refractivity contribution >= 4 is 29.1 Å². The van der Waals surface area contributed by atoms with Crippen molar-refractivity contribution in [3.05, 3.63) is 64.7 Å². The van der Waals surface area contributed by atoms with E-state index in [0.717, 1.165) is 18.5 Å². The van der Waals surface area contributed by atoms with Crippen molar-refractivity contribution in [1.82, 2.24) is 0 Å². The predicted octanol–water partition coefficient (Wildman–Crippen LogP) is 2.09. The minimum Gasteiger partial charge on any atom is -0.335 e. The number of quaternary nitrogens is 1. The van der Waals surface area contributed by atoms with Gasteiger partial charge in [0.2, 0.25) is 5.91 Å². The highest BCUT2D eigenvalue weighted by atomic mass is 35.5. The molecule has 0 aliphatic carbocycles. The van der Waals surface area contributed by atoms with Crippen molar-refractivity contribution in [2.45, 2.75) is 25.8 Å². The molecule has 0 radical (unpaired) electrons. The standard InChI is InChI=1S/C19H19ClN2O2/c1-13-7-8-15(11-16(13)20)22-18(23)12-17(19(22)24)21-10-9-14-5-3-2-4-6-14/h2-8,11,17,21H,9-10,12H2,1H3/p+1. The number of halogens is 1. The molecule has 2 aromatic carbocycles. The van der Waals surface area contributed by atoms with Gasteiger partial charge in [-0.1, -0.05) is 48.0 Å². The largest absolute Gasteiger partial charge is 0.335 e. The zero-order valence-corrected chi connectivity index (χ0v) is 14.3. The third kappa shape index (κ3) is 3.50. The van der Waals surface area contributed by atoms with Gasteiger partial charge >= 0.3 is 0 Å². The minimum atomic E-state index is -0.346. The fourth-order valence-electron chi connectivity index (χ4n) is 2.93. The van der Waals surface area contributed by atoms with Crippen molar-refractivity contribution in [3.63, 3.8) is 0 Å². The summed E-state index contributed by atoms with van der Waals surface area (Å²) in [6.45, 7) is 2.66. The first-order valence-corrected chi connectivity index (χ1v) is 8.44. The van der Waals surface area contributed by atoms with E-state index < -0.39 is 0 Å². The zero-order valence-electron chi connectivity index (χ0n) is 13.5. The van der Waals surface area contributed by atoms with E-state index in [1.165, 1.54) is 10.5 Å².